The summed E-state index contributed by atoms with van der Waals surface area (Å²) in [6.07, 6.45) is 8.74. The minimum atomic E-state index is -4.47. The van der Waals surface area contributed by atoms with Crippen molar-refractivity contribution in [2.75, 3.05) is 18.5 Å². The number of nitrogens with zero attached hydrogens (tertiary/aromatic N) is 2. The number of para-hydroxylation sites is 1. The van der Waals surface area contributed by atoms with Gasteiger partial charge in [0.15, 0.2) is 0 Å². The molecule has 4 N–H and O–H groups in total. The lowest BCUT2D eigenvalue weighted by Crippen LogP contribution is -2.44. The van der Waals surface area contributed by atoms with Gasteiger partial charge in [-0.25, -0.2) is 18.1 Å². The molecule has 1 aliphatic carbocycles. The lowest BCUT2D eigenvalue weighted by molar-refractivity contribution is -0.384. The predicted molar refractivity (Wildman–Crippen MR) is 167 cm³/mol. The second-order valence-electron chi connectivity index (χ2n) is 11.3. The fourth-order valence-electron chi connectivity index (χ4n) is 5.86. The molecule has 1 saturated heterocycles. The number of amides is 1. The minimum Gasteiger partial charge on any atom is -0.455 e. The quantitative estimate of drug-likeness (QED) is 0.139. The number of carbonyl (C=O) groups is 1. The van der Waals surface area contributed by atoms with Crippen LogP contribution in [0.2, 0.25) is 0 Å². The van der Waals surface area contributed by atoms with E-state index in [9.17, 15) is 23.3 Å². The third kappa shape index (κ3) is 7.24. The van der Waals surface area contributed by atoms with E-state index in [1.165, 1.54) is 30.5 Å². The molecule has 6 rings (SSSR count). The fraction of sp³-hybridized carbons (Fsp3) is 0.355. The number of rotatable bonds is 10. The van der Waals surface area contributed by atoms with Gasteiger partial charge in [0.25, 0.3) is 21.6 Å². The van der Waals surface area contributed by atoms with Crippen LogP contribution in [0.1, 0.15) is 48.9 Å². The number of aromatic amines is 1. The molecule has 1 saturated carbocycles. The Morgan fingerprint density at radius 3 is 2.49 bits per heavy atom. The van der Waals surface area contributed by atoms with Gasteiger partial charge in [0.1, 0.15) is 22.8 Å². The Balaban J connectivity index is 1.12. The molecule has 2 aliphatic rings. The van der Waals surface area contributed by atoms with E-state index in [-0.39, 0.29) is 28.7 Å². The number of aromatic nitrogens is 2. The van der Waals surface area contributed by atoms with Crippen LogP contribution in [-0.2, 0) is 14.8 Å². The summed E-state index contributed by atoms with van der Waals surface area (Å²) in [6.45, 7) is 1.55. The van der Waals surface area contributed by atoms with Crippen LogP contribution in [0.15, 0.2) is 71.9 Å². The van der Waals surface area contributed by atoms with Crippen molar-refractivity contribution in [1.29, 1.82) is 0 Å². The van der Waals surface area contributed by atoms with Crippen molar-refractivity contribution in [2.24, 2.45) is 0 Å². The zero-order chi connectivity index (χ0) is 31.4. The number of H-pyrrole nitrogens is 1. The lowest BCUT2D eigenvalue weighted by Gasteiger charge is -2.34. The molecule has 0 spiro atoms. The van der Waals surface area contributed by atoms with Crippen LogP contribution in [0.3, 0.4) is 0 Å². The summed E-state index contributed by atoms with van der Waals surface area (Å²) >= 11 is 0. The summed E-state index contributed by atoms with van der Waals surface area (Å²) in [5.74, 6) is -0.477. The summed E-state index contributed by atoms with van der Waals surface area (Å²) in [7, 11) is -4.47. The Labute approximate surface area is 259 Å². The van der Waals surface area contributed by atoms with E-state index >= 15 is 0 Å². The zero-order valence-electron chi connectivity index (χ0n) is 24.4. The van der Waals surface area contributed by atoms with Crippen LogP contribution in [0, 0.1) is 10.1 Å². The fourth-order valence-corrected chi connectivity index (χ4v) is 6.84. The summed E-state index contributed by atoms with van der Waals surface area (Å²) in [6, 6.07) is 14.2. The number of fused-ring (bicyclic) bond motifs is 1. The number of carbonyl (C=O) groups excluding carboxylic acids is 1. The van der Waals surface area contributed by atoms with Gasteiger partial charge in [-0.15, -0.1) is 0 Å². The second-order valence-corrected chi connectivity index (χ2v) is 13.0. The standard InChI is InChI=1S/C31H34N6O7S/c38-31(26-3-1-2-4-29(26)44-24-17-20-11-14-32-30(20)33-19-24)36-45(41,42)25-9-10-27(28(18-25)37(39)40)35-22-7-5-21(6-8-22)34-23-12-15-43-16-13-23/h1-4,9-11,14,17-19,21-23,34-35H,5-8,12-13,15-16H2,(H,32,33)(H,36,38). The van der Waals surface area contributed by atoms with E-state index in [0.29, 0.717) is 23.5 Å². The zero-order valence-corrected chi connectivity index (χ0v) is 25.2. The van der Waals surface area contributed by atoms with Crippen molar-refractivity contribution in [3.8, 4) is 11.5 Å². The molecule has 45 heavy (non-hydrogen) atoms. The van der Waals surface area contributed by atoms with Gasteiger partial charge in [-0.2, -0.15) is 0 Å². The highest BCUT2D eigenvalue weighted by atomic mass is 32.2. The van der Waals surface area contributed by atoms with Gasteiger partial charge in [-0.05, 0) is 74.9 Å². The highest BCUT2D eigenvalue weighted by Crippen LogP contribution is 2.32. The smallest absolute Gasteiger partial charge is 0.293 e. The summed E-state index contributed by atoms with van der Waals surface area (Å²) < 4.78 is 39.8. The number of nitro groups is 1. The molecule has 2 aromatic carbocycles. The molecule has 2 aromatic heterocycles. The number of ether oxygens (including phenoxy) is 2. The van der Waals surface area contributed by atoms with Crippen LogP contribution in [0.5, 0.6) is 11.5 Å². The molecule has 13 nitrogen and oxygen atoms in total. The summed E-state index contributed by atoms with van der Waals surface area (Å²) in [5, 5.41) is 19.7. The number of sulfonamides is 1. The van der Waals surface area contributed by atoms with Crippen LogP contribution < -0.4 is 20.1 Å². The number of benzene rings is 2. The average Bonchev–Trinajstić information content (AvgIpc) is 3.51. The first-order chi connectivity index (χ1) is 21.7. The van der Waals surface area contributed by atoms with Gasteiger partial charge in [0.05, 0.1) is 21.6 Å². The molecule has 0 unspecified atom stereocenters. The third-order valence-corrected chi connectivity index (χ3v) is 9.55. The Kier molecular flexibility index (Phi) is 8.96. The van der Waals surface area contributed by atoms with Crippen molar-refractivity contribution in [3.63, 3.8) is 0 Å². The predicted octanol–water partition coefficient (Wildman–Crippen LogP) is 4.87. The van der Waals surface area contributed by atoms with Crippen molar-refractivity contribution >= 4 is 38.3 Å². The summed E-state index contributed by atoms with van der Waals surface area (Å²) in [4.78, 5) is 31.4. The number of hydrogen-bond donors (Lipinski definition) is 4. The van der Waals surface area contributed by atoms with Crippen LogP contribution in [0.25, 0.3) is 11.0 Å². The average molecular weight is 635 g/mol. The maximum atomic E-state index is 13.2. The normalized spacial score (nSPS) is 19.2. The van der Waals surface area contributed by atoms with Crippen LogP contribution in [-0.4, -0.2) is 60.6 Å². The topological polar surface area (TPSA) is 178 Å². The molecule has 3 heterocycles. The van der Waals surface area contributed by atoms with E-state index in [0.717, 1.165) is 63.2 Å². The van der Waals surface area contributed by atoms with E-state index in [2.05, 4.69) is 20.6 Å². The molecule has 14 heteroatoms. The van der Waals surface area contributed by atoms with Crippen molar-refractivity contribution in [1.82, 2.24) is 20.0 Å². The van der Waals surface area contributed by atoms with E-state index < -0.39 is 25.7 Å². The maximum Gasteiger partial charge on any atom is 0.293 e. The van der Waals surface area contributed by atoms with Crippen molar-refractivity contribution in [2.45, 2.75) is 61.5 Å². The minimum absolute atomic E-state index is 0.0169. The Bertz CT molecular complexity index is 1800. The number of nitro benzene ring substituents is 1. The van der Waals surface area contributed by atoms with Gasteiger partial charge in [-0.1, -0.05) is 12.1 Å². The highest BCUT2D eigenvalue weighted by Gasteiger charge is 2.28. The van der Waals surface area contributed by atoms with Gasteiger partial charge in [-0.3, -0.25) is 14.9 Å². The van der Waals surface area contributed by atoms with Crippen molar-refractivity contribution in [3.05, 3.63) is 82.7 Å². The van der Waals surface area contributed by atoms with Crippen LogP contribution in [0.4, 0.5) is 11.4 Å². The lowest BCUT2D eigenvalue weighted by atomic mass is 9.90. The third-order valence-electron chi connectivity index (χ3n) is 8.22. The van der Waals surface area contributed by atoms with Gasteiger partial charge in [0.2, 0.25) is 0 Å². The molecule has 236 valence electrons. The largest absolute Gasteiger partial charge is 0.455 e. The number of pyridine rings is 1. The molecular weight excluding hydrogens is 600 g/mol. The monoisotopic (exact) mass is 634 g/mol. The van der Waals surface area contributed by atoms with Gasteiger partial charge in [0, 0.05) is 49.0 Å². The van der Waals surface area contributed by atoms with E-state index in [1.54, 1.807) is 24.4 Å². The first-order valence-electron chi connectivity index (χ1n) is 14.9. The molecule has 0 bridgehead atoms. The van der Waals surface area contributed by atoms with E-state index in [1.807, 2.05) is 10.8 Å². The van der Waals surface area contributed by atoms with Crippen LogP contribution >= 0.6 is 0 Å². The molecule has 0 radical (unpaired) electrons. The van der Waals surface area contributed by atoms with E-state index in [4.69, 9.17) is 9.47 Å². The summed E-state index contributed by atoms with van der Waals surface area (Å²) in [5.41, 5.74) is 0.479. The molecule has 1 amide bonds. The molecule has 2 fully saturated rings. The number of anilines is 1. The van der Waals surface area contributed by atoms with Crippen molar-refractivity contribution < 1.29 is 27.6 Å². The first-order valence-corrected chi connectivity index (χ1v) is 16.4. The second kappa shape index (κ2) is 13.2. The molecular formula is C31H34N6O7S. The SMILES string of the molecule is O=C(NS(=O)(=O)c1ccc(NC2CCC(NC3CCOCC3)CC2)c([N+](=O)[O-])c1)c1ccccc1Oc1cnc2[nH]ccc2c1. The molecule has 4 aromatic rings. The van der Waals surface area contributed by atoms with Gasteiger partial charge < -0.3 is 25.1 Å². The number of nitrogens with one attached hydrogen (secondary N) is 4. The number of hydrogen-bond acceptors (Lipinski definition) is 10. The molecule has 1 aliphatic heterocycles. The first kappa shape index (κ1) is 30.5. The molecule has 0 atom stereocenters. The Morgan fingerprint density at radius 2 is 1.71 bits per heavy atom. The maximum absolute atomic E-state index is 13.2. The Morgan fingerprint density at radius 1 is 0.978 bits per heavy atom. The Hall–Kier alpha value is -4.53. The van der Waals surface area contributed by atoms with Gasteiger partial charge >= 0.3 is 0 Å². The highest BCUT2D eigenvalue weighted by molar-refractivity contribution is 7.90.